The fraction of sp³-hybridized carbons (Fsp3) is 0.643. The maximum absolute atomic E-state index is 5.59. The zero-order valence-electron chi connectivity index (χ0n) is 10.9. The Morgan fingerprint density at radius 1 is 1.29 bits per heavy atom. The van der Waals surface area contributed by atoms with Crippen molar-refractivity contribution in [3.63, 3.8) is 0 Å². The van der Waals surface area contributed by atoms with Gasteiger partial charge in [0, 0.05) is 25.9 Å². The molecule has 0 N–H and O–H groups in total. The summed E-state index contributed by atoms with van der Waals surface area (Å²) in [4.78, 5) is 6.85. The van der Waals surface area contributed by atoms with Gasteiger partial charge in [-0.3, -0.25) is 0 Å². The van der Waals surface area contributed by atoms with Crippen molar-refractivity contribution in [3.8, 4) is 0 Å². The van der Waals surface area contributed by atoms with Crippen LogP contribution in [-0.4, -0.2) is 24.7 Å². The number of hydrogen-bond acceptors (Lipinski definition) is 3. The predicted octanol–water partition coefficient (Wildman–Crippen LogP) is 2.85. The Kier molecular flexibility index (Phi) is 4.37. The summed E-state index contributed by atoms with van der Waals surface area (Å²) in [6.45, 7) is 8.11. The number of aromatic nitrogens is 1. The smallest absolute Gasteiger partial charge is 0.128 e. The van der Waals surface area contributed by atoms with E-state index in [1.165, 1.54) is 12.8 Å². The summed E-state index contributed by atoms with van der Waals surface area (Å²) >= 11 is 0. The van der Waals surface area contributed by atoms with Crippen molar-refractivity contribution in [1.29, 1.82) is 0 Å². The minimum absolute atomic E-state index is 0.590. The molecule has 0 aliphatic carbocycles. The topological polar surface area (TPSA) is 25.4 Å². The summed E-state index contributed by atoms with van der Waals surface area (Å²) in [5.74, 6) is 1.70. The van der Waals surface area contributed by atoms with Gasteiger partial charge in [0.15, 0.2) is 0 Å². The van der Waals surface area contributed by atoms with Crippen LogP contribution >= 0.6 is 0 Å². The van der Waals surface area contributed by atoms with Crippen LogP contribution in [-0.2, 0) is 11.3 Å². The normalized spacial score (nSPS) is 15.8. The Bertz CT molecular complexity index is 329. The fourth-order valence-electron chi connectivity index (χ4n) is 2.05. The molecule has 1 aromatic rings. The highest BCUT2D eigenvalue weighted by Crippen LogP contribution is 2.17. The van der Waals surface area contributed by atoms with E-state index < -0.39 is 0 Å². The summed E-state index contributed by atoms with van der Waals surface area (Å²) in [6, 6.07) is 4.24. The van der Waals surface area contributed by atoms with Crippen molar-refractivity contribution < 1.29 is 4.74 Å². The molecule has 0 bridgehead atoms. The first kappa shape index (κ1) is 12.4. The van der Waals surface area contributed by atoms with E-state index >= 15 is 0 Å². The third kappa shape index (κ3) is 3.70. The average Bonchev–Trinajstić information content (AvgIpc) is 2.83. The number of hydrogen-bond donors (Lipinski definition) is 0. The van der Waals surface area contributed by atoms with Gasteiger partial charge in [0.05, 0.1) is 6.61 Å². The largest absolute Gasteiger partial charge is 0.376 e. The fourth-order valence-corrected chi connectivity index (χ4v) is 2.05. The molecule has 1 fully saturated rings. The maximum atomic E-state index is 5.59. The highest BCUT2D eigenvalue weighted by molar-refractivity contribution is 5.40. The van der Waals surface area contributed by atoms with Crippen molar-refractivity contribution in [3.05, 3.63) is 23.9 Å². The van der Waals surface area contributed by atoms with Gasteiger partial charge in [0.1, 0.15) is 5.82 Å². The summed E-state index contributed by atoms with van der Waals surface area (Å²) < 4.78 is 5.59. The van der Waals surface area contributed by atoms with Gasteiger partial charge in [-0.25, -0.2) is 4.98 Å². The van der Waals surface area contributed by atoms with Crippen LogP contribution in [0.2, 0.25) is 0 Å². The van der Waals surface area contributed by atoms with E-state index in [2.05, 4.69) is 35.9 Å². The second kappa shape index (κ2) is 6.01. The van der Waals surface area contributed by atoms with Gasteiger partial charge >= 0.3 is 0 Å². The molecule has 1 aliphatic heterocycles. The monoisotopic (exact) mass is 234 g/mol. The van der Waals surface area contributed by atoms with E-state index in [4.69, 9.17) is 4.74 Å². The molecule has 1 aromatic heterocycles. The lowest BCUT2D eigenvalue weighted by Gasteiger charge is -2.16. The van der Waals surface area contributed by atoms with Crippen molar-refractivity contribution in [2.45, 2.75) is 33.3 Å². The molecule has 1 saturated heterocycles. The van der Waals surface area contributed by atoms with Gasteiger partial charge in [-0.1, -0.05) is 19.9 Å². The molecule has 0 unspecified atom stereocenters. The Morgan fingerprint density at radius 3 is 2.65 bits per heavy atom. The lowest BCUT2D eigenvalue weighted by molar-refractivity contribution is 0.0969. The van der Waals surface area contributed by atoms with Gasteiger partial charge in [0.2, 0.25) is 0 Å². The molecule has 0 spiro atoms. The van der Waals surface area contributed by atoms with Crippen LogP contribution in [0.5, 0.6) is 0 Å². The van der Waals surface area contributed by atoms with Gasteiger partial charge in [-0.2, -0.15) is 0 Å². The van der Waals surface area contributed by atoms with Gasteiger partial charge in [-0.05, 0) is 30.4 Å². The minimum atomic E-state index is 0.590. The maximum Gasteiger partial charge on any atom is 0.128 e. The molecular formula is C14H22N2O. The summed E-state index contributed by atoms with van der Waals surface area (Å²) in [5.41, 5.74) is 1.16. The molecule has 0 aromatic carbocycles. The second-order valence-corrected chi connectivity index (χ2v) is 5.13. The van der Waals surface area contributed by atoms with Crippen molar-refractivity contribution in [1.82, 2.24) is 4.98 Å². The van der Waals surface area contributed by atoms with Crippen LogP contribution < -0.4 is 4.90 Å². The average molecular weight is 234 g/mol. The van der Waals surface area contributed by atoms with Crippen LogP contribution in [0.1, 0.15) is 32.3 Å². The SMILES string of the molecule is CC(C)COCc1ccc(N2CCCC2)nc1. The second-order valence-electron chi connectivity index (χ2n) is 5.13. The Balaban J connectivity index is 1.84. The number of anilines is 1. The van der Waals surface area contributed by atoms with Crippen molar-refractivity contribution in [2.75, 3.05) is 24.6 Å². The van der Waals surface area contributed by atoms with E-state index in [1.54, 1.807) is 0 Å². The number of ether oxygens (including phenoxy) is 1. The number of nitrogens with zero attached hydrogens (tertiary/aromatic N) is 2. The zero-order chi connectivity index (χ0) is 12.1. The number of pyridine rings is 1. The molecular weight excluding hydrogens is 212 g/mol. The van der Waals surface area contributed by atoms with Crippen molar-refractivity contribution in [2.24, 2.45) is 5.92 Å². The zero-order valence-corrected chi connectivity index (χ0v) is 10.9. The van der Waals surface area contributed by atoms with Crippen LogP contribution in [0.15, 0.2) is 18.3 Å². The van der Waals surface area contributed by atoms with E-state index in [0.29, 0.717) is 12.5 Å². The van der Waals surface area contributed by atoms with Crippen LogP contribution in [0.25, 0.3) is 0 Å². The third-order valence-electron chi connectivity index (χ3n) is 2.96. The van der Waals surface area contributed by atoms with Gasteiger partial charge < -0.3 is 9.64 Å². The molecule has 2 heterocycles. The molecule has 3 heteroatoms. The van der Waals surface area contributed by atoms with Crippen molar-refractivity contribution >= 4 is 5.82 Å². The Morgan fingerprint density at radius 2 is 2.06 bits per heavy atom. The highest BCUT2D eigenvalue weighted by Gasteiger charge is 2.12. The Hall–Kier alpha value is -1.09. The van der Waals surface area contributed by atoms with Crippen LogP contribution in [0, 0.1) is 5.92 Å². The number of rotatable bonds is 5. The first-order valence-electron chi connectivity index (χ1n) is 6.53. The lowest BCUT2D eigenvalue weighted by atomic mass is 10.2. The Labute approximate surface area is 104 Å². The highest BCUT2D eigenvalue weighted by atomic mass is 16.5. The summed E-state index contributed by atoms with van der Waals surface area (Å²) in [5, 5.41) is 0. The third-order valence-corrected chi connectivity index (χ3v) is 2.96. The van der Waals surface area contributed by atoms with E-state index in [0.717, 1.165) is 31.1 Å². The molecule has 2 rings (SSSR count). The van der Waals surface area contributed by atoms with Gasteiger partial charge in [0.25, 0.3) is 0 Å². The standard InChI is InChI=1S/C14H22N2O/c1-12(2)10-17-11-13-5-6-14(15-9-13)16-7-3-4-8-16/h5-6,9,12H,3-4,7-8,10-11H2,1-2H3. The minimum Gasteiger partial charge on any atom is -0.376 e. The molecule has 94 valence electrons. The van der Waals surface area contributed by atoms with E-state index in [9.17, 15) is 0 Å². The summed E-state index contributed by atoms with van der Waals surface area (Å²) in [6.07, 6.45) is 4.52. The molecule has 3 nitrogen and oxygen atoms in total. The lowest BCUT2D eigenvalue weighted by Crippen LogP contribution is -2.18. The molecule has 0 atom stereocenters. The van der Waals surface area contributed by atoms with E-state index in [-0.39, 0.29) is 0 Å². The summed E-state index contributed by atoms with van der Waals surface area (Å²) in [7, 11) is 0. The van der Waals surface area contributed by atoms with E-state index in [1.807, 2.05) is 6.20 Å². The first-order valence-corrected chi connectivity index (χ1v) is 6.53. The molecule has 0 saturated carbocycles. The molecule has 0 amide bonds. The van der Waals surface area contributed by atoms with Crippen LogP contribution in [0.3, 0.4) is 0 Å². The van der Waals surface area contributed by atoms with Crippen LogP contribution in [0.4, 0.5) is 5.82 Å². The molecule has 1 aliphatic rings. The predicted molar refractivity (Wildman–Crippen MR) is 70.2 cm³/mol. The van der Waals surface area contributed by atoms with Gasteiger partial charge in [-0.15, -0.1) is 0 Å². The molecule has 0 radical (unpaired) electrons. The first-order chi connectivity index (χ1) is 8.25. The molecule has 17 heavy (non-hydrogen) atoms. The quantitative estimate of drug-likeness (QED) is 0.783.